The lowest BCUT2D eigenvalue weighted by Crippen LogP contribution is -2.10. The fourth-order valence-electron chi connectivity index (χ4n) is 9.67. The highest BCUT2D eigenvalue weighted by atomic mass is 32.1. The molecule has 2 aromatic heterocycles. The molecule has 0 N–H and O–H groups in total. The standard InChI is InChI=1S/C54H31NOS/c1-2-16-38-34(12-1)35-13-3-6-17-39(35)45-28-32(24-26-42(38)45)55(33-25-27-52-48(29-33)43-20-9-10-23-51(43)56-52)50-22-11-21-44-49-30-46-40-18-7-4-14-36(40)37-15-5-8-19-41(37)47(46)31-53(49)57-54(44)50/h1-31H. The molecule has 0 aliphatic heterocycles. The molecule has 0 saturated carbocycles. The van der Waals surface area contributed by atoms with Crippen LogP contribution in [-0.2, 0) is 0 Å². The Morgan fingerprint density at radius 1 is 0.298 bits per heavy atom. The zero-order valence-corrected chi connectivity index (χ0v) is 31.5. The van der Waals surface area contributed by atoms with Crippen LogP contribution in [0.2, 0.25) is 0 Å². The van der Waals surface area contributed by atoms with Crippen LogP contribution in [0.5, 0.6) is 0 Å². The highest BCUT2D eigenvalue weighted by molar-refractivity contribution is 7.26. The Kier molecular flexibility index (Phi) is 6.35. The van der Waals surface area contributed by atoms with Gasteiger partial charge in [-0.15, -0.1) is 11.3 Å². The maximum absolute atomic E-state index is 6.34. The van der Waals surface area contributed by atoms with Gasteiger partial charge in [-0.2, -0.15) is 0 Å². The van der Waals surface area contributed by atoms with Gasteiger partial charge in [0.25, 0.3) is 0 Å². The number of hydrogen-bond acceptors (Lipinski definition) is 3. The van der Waals surface area contributed by atoms with Crippen LogP contribution in [0.1, 0.15) is 0 Å². The molecule has 0 aliphatic carbocycles. The third kappa shape index (κ3) is 4.40. The largest absolute Gasteiger partial charge is 0.456 e. The molecule has 2 nitrogen and oxygen atoms in total. The monoisotopic (exact) mass is 741 g/mol. The van der Waals surface area contributed by atoms with E-state index < -0.39 is 0 Å². The molecular weight excluding hydrogens is 711 g/mol. The van der Waals surface area contributed by atoms with E-state index in [0.29, 0.717) is 0 Å². The van der Waals surface area contributed by atoms with E-state index in [2.05, 4.69) is 187 Å². The average Bonchev–Trinajstić information content (AvgIpc) is 3.84. The molecule has 57 heavy (non-hydrogen) atoms. The first kappa shape index (κ1) is 31.1. The predicted molar refractivity (Wildman–Crippen MR) is 246 cm³/mol. The van der Waals surface area contributed by atoms with Gasteiger partial charge in [0, 0.05) is 37.6 Å². The third-order valence-electron chi connectivity index (χ3n) is 12.2. The van der Waals surface area contributed by atoms with E-state index >= 15 is 0 Å². The van der Waals surface area contributed by atoms with Gasteiger partial charge in [0.2, 0.25) is 0 Å². The highest BCUT2D eigenvalue weighted by Crippen LogP contribution is 2.49. The topological polar surface area (TPSA) is 16.4 Å². The van der Waals surface area contributed by atoms with Gasteiger partial charge in [-0.25, -0.2) is 0 Å². The summed E-state index contributed by atoms with van der Waals surface area (Å²) in [5, 5.41) is 20.2. The van der Waals surface area contributed by atoms with E-state index in [9.17, 15) is 0 Å². The number of anilines is 3. The van der Waals surface area contributed by atoms with Crippen molar-refractivity contribution in [3.05, 3.63) is 188 Å². The number of thiophene rings is 1. The number of para-hydroxylation sites is 1. The van der Waals surface area contributed by atoms with Crippen molar-refractivity contribution in [2.24, 2.45) is 0 Å². The molecule has 0 radical (unpaired) electrons. The summed E-state index contributed by atoms with van der Waals surface area (Å²) in [5.41, 5.74) is 5.15. The molecule has 0 spiro atoms. The highest BCUT2D eigenvalue weighted by Gasteiger charge is 2.22. The molecule has 0 aliphatic rings. The molecule has 0 bridgehead atoms. The number of rotatable bonds is 3. The molecule has 13 aromatic rings. The van der Waals surface area contributed by atoms with E-state index in [-0.39, 0.29) is 0 Å². The van der Waals surface area contributed by atoms with Crippen LogP contribution >= 0.6 is 11.3 Å². The van der Waals surface area contributed by atoms with E-state index in [1.54, 1.807) is 0 Å². The molecular formula is C54H31NOS. The summed E-state index contributed by atoms with van der Waals surface area (Å²) in [7, 11) is 0. The van der Waals surface area contributed by atoms with Crippen molar-refractivity contribution in [1.29, 1.82) is 0 Å². The molecule has 2 heterocycles. The van der Waals surface area contributed by atoms with Crippen LogP contribution in [-0.4, -0.2) is 0 Å². The van der Waals surface area contributed by atoms with E-state index in [1.165, 1.54) is 84.8 Å². The predicted octanol–water partition coefficient (Wildman–Crippen LogP) is 16.3. The number of fused-ring (bicyclic) bond motifs is 18. The van der Waals surface area contributed by atoms with Gasteiger partial charge in [-0.05, 0) is 119 Å². The Morgan fingerprint density at radius 3 is 1.35 bits per heavy atom. The van der Waals surface area contributed by atoms with Crippen molar-refractivity contribution in [3.8, 4) is 0 Å². The summed E-state index contributed by atoms with van der Waals surface area (Å²) >= 11 is 1.89. The lowest BCUT2D eigenvalue weighted by molar-refractivity contribution is 0.669. The minimum absolute atomic E-state index is 0.891. The van der Waals surface area contributed by atoms with Gasteiger partial charge in [0.05, 0.1) is 10.4 Å². The summed E-state index contributed by atoms with van der Waals surface area (Å²) in [5.74, 6) is 0. The molecule has 0 saturated heterocycles. The first-order chi connectivity index (χ1) is 28.3. The summed E-state index contributed by atoms with van der Waals surface area (Å²) in [4.78, 5) is 2.47. The lowest BCUT2D eigenvalue weighted by atomic mass is 9.93. The fourth-order valence-corrected chi connectivity index (χ4v) is 10.9. The van der Waals surface area contributed by atoms with Crippen LogP contribution in [0.4, 0.5) is 17.1 Å². The Balaban J connectivity index is 1.12. The van der Waals surface area contributed by atoms with Gasteiger partial charge < -0.3 is 9.32 Å². The minimum Gasteiger partial charge on any atom is -0.456 e. The van der Waals surface area contributed by atoms with Gasteiger partial charge in [-0.3, -0.25) is 0 Å². The Labute approximate surface area is 331 Å². The average molecular weight is 742 g/mol. The third-order valence-corrected chi connectivity index (χ3v) is 13.4. The Bertz CT molecular complexity index is 3800. The molecule has 0 atom stereocenters. The SMILES string of the molecule is c1ccc2c(c1)oc1ccc(N(c3ccc4c5ccccc5c5ccccc5c4c3)c3cccc4c3sc3cc5c6ccccc6c6ccccc6c5cc34)cc12. The first-order valence-electron chi connectivity index (χ1n) is 19.5. The van der Waals surface area contributed by atoms with Crippen LogP contribution < -0.4 is 4.90 Å². The zero-order valence-electron chi connectivity index (χ0n) is 30.7. The number of hydrogen-bond donors (Lipinski definition) is 0. The lowest BCUT2D eigenvalue weighted by Gasteiger charge is -2.27. The van der Waals surface area contributed by atoms with Gasteiger partial charge in [-0.1, -0.05) is 133 Å². The molecule has 0 amide bonds. The molecule has 13 rings (SSSR count). The van der Waals surface area contributed by atoms with E-state index in [4.69, 9.17) is 4.42 Å². The number of furan rings is 1. The molecule has 0 unspecified atom stereocenters. The number of benzene rings is 11. The van der Waals surface area contributed by atoms with Crippen molar-refractivity contribution >= 4 is 135 Å². The second-order valence-electron chi connectivity index (χ2n) is 15.2. The maximum Gasteiger partial charge on any atom is 0.135 e. The summed E-state index contributed by atoms with van der Waals surface area (Å²) in [6, 6.07) is 69.1. The molecule has 264 valence electrons. The smallest absolute Gasteiger partial charge is 0.135 e. The van der Waals surface area contributed by atoms with Crippen molar-refractivity contribution in [2.75, 3.05) is 4.90 Å². The normalized spacial score (nSPS) is 12.2. The van der Waals surface area contributed by atoms with Crippen molar-refractivity contribution in [1.82, 2.24) is 0 Å². The minimum atomic E-state index is 0.891. The quantitative estimate of drug-likeness (QED) is 0.168. The zero-order chi connectivity index (χ0) is 37.2. The maximum atomic E-state index is 6.34. The van der Waals surface area contributed by atoms with Crippen molar-refractivity contribution < 1.29 is 4.42 Å². The van der Waals surface area contributed by atoms with Crippen LogP contribution in [0.3, 0.4) is 0 Å². The summed E-state index contributed by atoms with van der Waals surface area (Å²) < 4.78 is 8.89. The summed E-state index contributed by atoms with van der Waals surface area (Å²) in [6.45, 7) is 0. The van der Waals surface area contributed by atoms with Crippen molar-refractivity contribution in [2.45, 2.75) is 0 Å². The molecule has 11 aromatic carbocycles. The first-order valence-corrected chi connectivity index (χ1v) is 20.3. The second-order valence-corrected chi connectivity index (χ2v) is 16.2. The van der Waals surface area contributed by atoms with Gasteiger partial charge >= 0.3 is 0 Å². The second kappa shape index (κ2) is 11.7. The summed E-state index contributed by atoms with van der Waals surface area (Å²) in [6.07, 6.45) is 0. The van der Waals surface area contributed by atoms with Gasteiger partial charge in [0.15, 0.2) is 0 Å². The number of nitrogens with zero attached hydrogens (tertiary/aromatic N) is 1. The Hall–Kier alpha value is -7.20. The van der Waals surface area contributed by atoms with Gasteiger partial charge in [0.1, 0.15) is 11.2 Å². The van der Waals surface area contributed by atoms with E-state index in [0.717, 1.165) is 39.0 Å². The molecule has 3 heteroatoms. The van der Waals surface area contributed by atoms with Crippen molar-refractivity contribution in [3.63, 3.8) is 0 Å². The Morgan fingerprint density at radius 2 is 0.737 bits per heavy atom. The van der Waals surface area contributed by atoms with E-state index in [1.807, 2.05) is 17.4 Å². The van der Waals surface area contributed by atoms with Crippen LogP contribution in [0, 0.1) is 0 Å². The molecule has 0 fully saturated rings. The van der Waals surface area contributed by atoms with Crippen LogP contribution in [0.25, 0.3) is 107 Å². The van der Waals surface area contributed by atoms with Crippen LogP contribution in [0.15, 0.2) is 192 Å². The fraction of sp³-hybridized carbons (Fsp3) is 0.